The molecule has 0 radical (unpaired) electrons. The van der Waals surface area contributed by atoms with Gasteiger partial charge >= 0.3 is 5.97 Å². The Morgan fingerprint density at radius 3 is 2.70 bits per heavy atom. The van der Waals surface area contributed by atoms with Crippen molar-refractivity contribution in [1.29, 1.82) is 0 Å². The Balaban J connectivity index is 1.58. The van der Waals surface area contributed by atoms with Crippen molar-refractivity contribution in [1.82, 2.24) is 19.4 Å². The third-order valence-corrected chi connectivity index (χ3v) is 5.57. The van der Waals surface area contributed by atoms with Crippen LogP contribution in [0.1, 0.15) is 28.1 Å². The van der Waals surface area contributed by atoms with Crippen LogP contribution in [0.15, 0.2) is 42.5 Å². The second-order valence-corrected chi connectivity index (χ2v) is 7.64. The molecule has 2 heterocycles. The first-order valence-corrected chi connectivity index (χ1v) is 9.62. The number of aromatic nitrogens is 3. The van der Waals surface area contributed by atoms with E-state index in [1.165, 1.54) is 4.70 Å². The molecule has 4 rings (SSSR count). The molecule has 2 aromatic carbocycles. The monoisotopic (exact) mass is 380 g/mol. The normalized spacial score (nSPS) is 11.7. The predicted octanol–water partition coefficient (Wildman–Crippen LogP) is 4.00. The van der Waals surface area contributed by atoms with E-state index in [0.29, 0.717) is 6.54 Å². The van der Waals surface area contributed by atoms with Gasteiger partial charge in [0.2, 0.25) is 0 Å². The Bertz CT molecular complexity index is 1100. The number of carboxylic acids is 1. The molecule has 6 nitrogen and oxygen atoms in total. The summed E-state index contributed by atoms with van der Waals surface area (Å²) >= 11 is 1.71. The van der Waals surface area contributed by atoms with Gasteiger partial charge in [-0.05, 0) is 44.3 Å². The molecule has 0 spiro atoms. The van der Waals surface area contributed by atoms with E-state index in [4.69, 9.17) is 9.97 Å². The van der Waals surface area contributed by atoms with Crippen LogP contribution in [-0.4, -0.2) is 37.6 Å². The Hall–Kier alpha value is -2.77. The number of hydrogen-bond donors (Lipinski definition) is 1. The first-order valence-electron chi connectivity index (χ1n) is 8.80. The number of fused-ring (bicyclic) bond motifs is 2. The SMILES string of the molecule is CCn1c(CN(C)Cc2nc3ccccc3s2)nc2cc(C(=O)O)ccc21. The van der Waals surface area contributed by atoms with Gasteiger partial charge < -0.3 is 9.67 Å². The minimum atomic E-state index is -0.933. The Morgan fingerprint density at radius 2 is 1.96 bits per heavy atom. The fourth-order valence-electron chi connectivity index (χ4n) is 3.30. The smallest absolute Gasteiger partial charge is 0.335 e. The van der Waals surface area contributed by atoms with Gasteiger partial charge in [0.05, 0.1) is 39.9 Å². The summed E-state index contributed by atoms with van der Waals surface area (Å²) in [5.41, 5.74) is 2.98. The predicted molar refractivity (Wildman–Crippen MR) is 107 cm³/mol. The number of thiazole rings is 1. The molecule has 0 saturated heterocycles. The van der Waals surface area contributed by atoms with Crippen LogP contribution in [0.5, 0.6) is 0 Å². The third kappa shape index (κ3) is 3.43. The number of aromatic carboxylic acids is 1. The molecule has 0 saturated carbocycles. The van der Waals surface area contributed by atoms with Crippen LogP contribution in [0.4, 0.5) is 0 Å². The van der Waals surface area contributed by atoms with E-state index in [1.54, 1.807) is 23.5 Å². The van der Waals surface area contributed by atoms with Gasteiger partial charge in [0, 0.05) is 6.54 Å². The molecule has 2 aromatic heterocycles. The summed E-state index contributed by atoms with van der Waals surface area (Å²) in [5.74, 6) is -0.00361. The highest BCUT2D eigenvalue weighted by molar-refractivity contribution is 7.18. The van der Waals surface area contributed by atoms with Gasteiger partial charge in [-0.2, -0.15) is 0 Å². The van der Waals surface area contributed by atoms with Crippen LogP contribution in [0.25, 0.3) is 21.3 Å². The van der Waals surface area contributed by atoms with Gasteiger partial charge in [-0.3, -0.25) is 4.90 Å². The number of carbonyl (C=O) groups is 1. The summed E-state index contributed by atoms with van der Waals surface area (Å²) < 4.78 is 3.33. The molecule has 0 aliphatic heterocycles. The maximum atomic E-state index is 11.2. The lowest BCUT2D eigenvalue weighted by Crippen LogP contribution is -2.20. The van der Waals surface area contributed by atoms with Crippen molar-refractivity contribution in [2.75, 3.05) is 7.05 Å². The second-order valence-electron chi connectivity index (χ2n) is 6.53. The zero-order valence-electron chi connectivity index (χ0n) is 15.2. The molecule has 7 heteroatoms. The molecule has 0 aliphatic rings. The van der Waals surface area contributed by atoms with E-state index in [-0.39, 0.29) is 5.56 Å². The lowest BCUT2D eigenvalue weighted by Gasteiger charge is -2.15. The molecule has 0 amide bonds. The average molecular weight is 380 g/mol. The van der Waals surface area contributed by atoms with Crippen LogP contribution < -0.4 is 0 Å². The molecule has 1 N–H and O–H groups in total. The molecule has 0 bridgehead atoms. The molecule has 0 fully saturated rings. The second kappa shape index (κ2) is 7.09. The fraction of sp³-hybridized carbons (Fsp3) is 0.250. The first-order chi connectivity index (χ1) is 13.0. The van der Waals surface area contributed by atoms with Gasteiger partial charge in [-0.15, -0.1) is 11.3 Å². The van der Waals surface area contributed by atoms with Gasteiger partial charge in [0.25, 0.3) is 0 Å². The highest BCUT2D eigenvalue weighted by atomic mass is 32.1. The third-order valence-electron chi connectivity index (χ3n) is 4.55. The van der Waals surface area contributed by atoms with Crippen molar-refractivity contribution < 1.29 is 9.90 Å². The van der Waals surface area contributed by atoms with Crippen molar-refractivity contribution in [3.63, 3.8) is 0 Å². The van der Waals surface area contributed by atoms with Gasteiger partial charge in [-0.1, -0.05) is 12.1 Å². The summed E-state index contributed by atoms with van der Waals surface area (Å²) in [6.07, 6.45) is 0. The lowest BCUT2D eigenvalue weighted by molar-refractivity contribution is 0.0697. The van der Waals surface area contributed by atoms with Crippen LogP contribution in [0, 0.1) is 0 Å². The average Bonchev–Trinajstić information content (AvgIpc) is 3.20. The summed E-state index contributed by atoms with van der Waals surface area (Å²) in [6.45, 7) is 4.27. The van der Waals surface area contributed by atoms with Gasteiger partial charge in [0.15, 0.2) is 0 Å². The van der Waals surface area contributed by atoms with Crippen LogP contribution >= 0.6 is 11.3 Å². The summed E-state index contributed by atoms with van der Waals surface area (Å²) in [7, 11) is 2.05. The lowest BCUT2D eigenvalue weighted by atomic mass is 10.2. The molecule has 4 aromatic rings. The fourth-order valence-corrected chi connectivity index (χ4v) is 4.35. The quantitative estimate of drug-likeness (QED) is 0.547. The minimum absolute atomic E-state index is 0.262. The summed E-state index contributed by atoms with van der Waals surface area (Å²) in [5, 5.41) is 10.3. The molecule has 0 unspecified atom stereocenters. The van der Waals surface area contributed by atoms with E-state index in [2.05, 4.69) is 22.5 Å². The highest BCUT2D eigenvalue weighted by Crippen LogP contribution is 2.23. The number of benzene rings is 2. The van der Waals surface area contributed by atoms with Crippen LogP contribution in [-0.2, 0) is 19.6 Å². The van der Waals surface area contributed by atoms with E-state index in [1.807, 2.05) is 31.3 Å². The maximum absolute atomic E-state index is 11.2. The largest absolute Gasteiger partial charge is 0.478 e. The molecule has 0 atom stereocenters. The molecule has 138 valence electrons. The van der Waals surface area contributed by atoms with Crippen molar-refractivity contribution in [2.24, 2.45) is 0 Å². The standard InChI is InChI=1S/C20H20N4O2S/c1-3-24-16-9-8-13(20(25)26)10-15(16)21-18(24)11-23(2)12-19-22-14-6-4-5-7-17(14)27-19/h4-10H,3,11-12H2,1-2H3,(H,25,26). The number of rotatable bonds is 6. The van der Waals surface area contributed by atoms with Gasteiger partial charge in [-0.25, -0.2) is 14.8 Å². The number of nitrogens with zero attached hydrogens (tertiary/aromatic N) is 4. The Morgan fingerprint density at radius 1 is 1.15 bits per heavy atom. The zero-order chi connectivity index (χ0) is 19.0. The number of carboxylic acid groups (broad SMARTS) is 1. The Kier molecular flexibility index (Phi) is 4.63. The topological polar surface area (TPSA) is 71.2 Å². The van der Waals surface area contributed by atoms with Gasteiger partial charge in [0.1, 0.15) is 10.8 Å². The van der Waals surface area contributed by atoms with Crippen molar-refractivity contribution in [3.8, 4) is 0 Å². The van der Waals surface area contributed by atoms with Crippen LogP contribution in [0.2, 0.25) is 0 Å². The summed E-state index contributed by atoms with van der Waals surface area (Å²) in [6, 6.07) is 13.3. The number of aryl methyl sites for hydroxylation is 1. The Labute approximate surface area is 160 Å². The van der Waals surface area contributed by atoms with Crippen molar-refractivity contribution in [3.05, 3.63) is 58.9 Å². The summed E-state index contributed by atoms with van der Waals surface area (Å²) in [4.78, 5) is 22.8. The van der Waals surface area contributed by atoms with Crippen molar-refractivity contribution in [2.45, 2.75) is 26.6 Å². The molecule has 27 heavy (non-hydrogen) atoms. The van der Waals surface area contributed by atoms with E-state index in [0.717, 1.165) is 40.5 Å². The minimum Gasteiger partial charge on any atom is -0.478 e. The molecule has 0 aliphatic carbocycles. The molecular formula is C20H20N4O2S. The number of para-hydroxylation sites is 1. The van der Waals surface area contributed by atoms with E-state index >= 15 is 0 Å². The van der Waals surface area contributed by atoms with E-state index < -0.39 is 5.97 Å². The molecular weight excluding hydrogens is 360 g/mol. The zero-order valence-corrected chi connectivity index (χ0v) is 16.0. The van der Waals surface area contributed by atoms with Crippen LogP contribution in [0.3, 0.4) is 0 Å². The van der Waals surface area contributed by atoms with E-state index in [9.17, 15) is 9.90 Å². The highest BCUT2D eigenvalue weighted by Gasteiger charge is 2.15. The number of imidazole rings is 1. The number of hydrogen-bond acceptors (Lipinski definition) is 5. The van der Waals surface area contributed by atoms with Crippen molar-refractivity contribution >= 4 is 38.6 Å². The first kappa shape index (κ1) is 17.6. The maximum Gasteiger partial charge on any atom is 0.335 e.